The molecule has 0 radical (unpaired) electrons. The zero-order valence-corrected chi connectivity index (χ0v) is 12.7. The third-order valence-corrected chi connectivity index (χ3v) is 3.34. The van der Waals surface area contributed by atoms with Crippen molar-refractivity contribution in [2.24, 2.45) is 0 Å². The van der Waals surface area contributed by atoms with Crippen LogP contribution in [0.1, 0.15) is 11.4 Å². The topological polar surface area (TPSA) is 95.4 Å². The number of nitrogens with one attached hydrogen (secondary N) is 1. The first-order valence-corrected chi connectivity index (χ1v) is 6.80. The third kappa shape index (κ3) is 5.52. The lowest BCUT2D eigenvalue weighted by atomic mass is 10.2. The molecule has 0 saturated heterocycles. The zero-order chi connectivity index (χ0) is 14.4. The van der Waals surface area contributed by atoms with E-state index in [2.05, 4.69) is 14.7 Å². The van der Waals surface area contributed by atoms with Gasteiger partial charge in [-0.3, -0.25) is 9.59 Å². The molecule has 1 aromatic rings. The number of rotatable bonds is 6. The van der Waals surface area contributed by atoms with Gasteiger partial charge in [-0.2, -0.15) is 4.37 Å². The van der Waals surface area contributed by atoms with Crippen molar-refractivity contribution in [2.45, 2.75) is 6.42 Å². The van der Waals surface area contributed by atoms with Gasteiger partial charge in [0.05, 0.1) is 13.0 Å². The largest absolute Gasteiger partial charge is 0.481 e. The van der Waals surface area contributed by atoms with Crippen molar-refractivity contribution in [1.82, 2.24) is 19.6 Å². The van der Waals surface area contributed by atoms with E-state index in [0.717, 1.165) is 10.6 Å². The zero-order valence-electron chi connectivity index (χ0n) is 11.1. The van der Waals surface area contributed by atoms with E-state index >= 15 is 0 Å². The summed E-state index contributed by atoms with van der Waals surface area (Å²) < 4.78 is 3.94. The average Bonchev–Trinajstić information content (AvgIpc) is 2.93. The molecule has 9 heteroatoms. The van der Waals surface area contributed by atoms with Crippen molar-refractivity contribution in [2.75, 3.05) is 19.6 Å². The number of amides is 1. The van der Waals surface area contributed by atoms with Crippen molar-refractivity contribution >= 4 is 41.4 Å². The maximum atomic E-state index is 11.6. The first kappa shape index (κ1) is 17.1. The van der Waals surface area contributed by atoms with Gasteiger partial charge < -0.3 is 15.3 Å². The van der Waals surface area contributed by atoms with Crippen LogP contribution < -0.4 is 5.32 Å². The van der Waals surface area contributed by atoms with Crippen molar-refractivity contribution < 1.29 is 14.7 Å². The predicted molar refractivity (Wildman–Crippen MR) is 81.1 cm³/mol. The lowest BCUT2D eigenvalue weighted by Gasteiger charge is -2.21. The van der Waals surface area contributed by atoms with E-state index in [-0.39, 0.29) is 37.8 Å². The number of nitrogens with zero attached hydrogens (tertiary/aromatic N) is 3. The number of carboxylic acids is 1. The van der Waals surface area contributed by atoms with E-state index in [4.69, 9.17) is 5.11 Å². The standard InChI is InChI=1S/C12H14N4O3S.ClH/c17-10(13-4-1-11(18)19)7-16-5-2-9(3-6-16)12-14-8-15-20-12;/h2-3,5,8H,1,4,6-7H2,(H,13,17)(H,18,19);1H. The SMILES string of the molecule is Cl.O=C(O)CCNC(=O)CN1C=CC(c2ncns2)=CC1. The monoisotopic (exact) mass is 330 g/mol. The number of hydrogen-bond donors (Lipinski definition) is 2. The molecule has 21 heavy (non-hydrogen) atoms. The molecule has 0 spiro atoms. The molecular weight excluding hydrogens is 316 g/mol. The van der Waals surface area contributed by atoms with Crippen molar-refractivity contribution in [3.05, 3.63) is 29.7 Å². The van der Waals surface area contributed by atoms with Crippen molar-refractivity contribution in [1.29, 1.82) is 0 Å². The molecule has 2 heterocycles. The summed E-state index contributed by atoms with van der Waals surface area (Å²) >= 11 is 1.32. The normalized spacial score (nSPS) is 13.3. The summed E-state index contributed by atoms with van der Waals surface area (Å²) in [6.45, 7) is 0.964. The number of halogens is 1. The minimum absolute atomic E-state index is 0. The van der Waals surface area contributed by atoms with Gasteiger partial charge in [0.1, 0.15) is 11.3 Å². The smallest absolute Gasteiger partial charge is 0.305 e. The van der Waals surface area contributed by atoms with Crippen LogP contribution in [0.3, 0.4) is 0 Å². The van der Waals surface area contributed by atoms with E-state index < -0.39 is 5.97 Å². The highest BCUT2D eigenvalue weighted by Crippen LogP contribution is 2.19. The van der Waals surface area contributed by atoms with Crippen LogP contribution in [0.25, 0.3) is 5.57 Å². The molecular formula is C12H15ClN4O3S. The van der Waals surface area contributed by atoms with Crippen LogP contribution in [0.2, 0.25) is 0 Å². The number of allylic oxidation sites excluding steroid dienone is 2. The molecule has 2 N–H and O–H groups in total. The molecule has 1 aromatic heterocycles. The Bertz CT molecular complexity index is 545. The summed E-state index contributed by atoms with van der Waals surface area (Å²) in [5.74, 6) is -1.11. The molecule has 0 unspecified atom stereocenters. The number of aliphatic carboxylic acids is 1. The molecule has 7 nitrogen and oxygen atoms in total. The van der Waals surface area contributed by atoms with Gasteiger partial charge in [0.15, 0.2) is 0 Å². The minimum atomic E-state index is -0.923. The summed E-state index contributed by atoms with van der Waals surface area (Å²) in [6, 6.07) is 0. The number of hydrogen-bond acceptors (Lipinski definition) is 6. The lowest BCUT2D eigenvalue weighted by molar-refractivity contribution is -0.136. The second kappa shape index (κ2) is 8.38. The second-order valence-corrected chi connectivity index (χ2v) is 4.92. The van der Waals surface area contributed by atoms with Crippen LogP contribution in [0, 0.1) is 0 Å². The Morgan fingerprint density at radius 3 is 2.86 bits per heavy atom. The Labute approximate surface area is 131 Å². The number of carboxylic acid groups (broad SMARTS) is 1. The molecule has 0 aromatic carbocycles. The molecule has 0 fully saturated rings. The molecule has 1 aliphatic rings. The van der Waals surface area contributed by atoms with E-state index in [1.165, 1.54) is 17.9 Å². The molecule has 0 saturated carbocycles. The third-order valence-electron chi connectivity index (χ3n) is 2.63. The maximum Gasteiger partial charge on any atom is 0.305 e. The highest BCUT2D eigenvalue weighted by atomic mass is 35.5. The number of carbonyl (C=O) groups excluding carboxylic acids is 1. The summed E-state index contributed by atoms with van der Waals surface area (Å²) in [6.07, 6.45) is 7.13. The summed E-state index contributed by atoms with van der Waals surface area (Å²) in [5, 5.41) is 11.9. The highest BCUT2D eigenvalue weighted by molar-refractivity contribution is 7.06. The summed E-state index contributed by atoms with van der Waals surface area (Å²) in [5.41, 5.74) is 0.995. The molecule has 2 rings (SSSR count). The van der Waals surface area contributed by atoms with Gasteiger partial charge in [0, 0.05) is 24.9 Å². The minimum Gasteiger partial charge on any atom is -0.481 e. The van der Waals surface area contributed by atoms with Crippen LogP contribution in [0.15, 0.2) is 24.7 Å². The lowest BCUT2D eigenvalue weighted by Crippen LogP contribution is -2.36. The van der Waals surface area contributed by atoms with Crippen LogP contribution >= 0.6 is 23.9 Å². The number of carbonyl (C=O) groups is 2. The second-order valence-electron chi connectivity index (χ2n) is 4.14. The summed E-state index contributed by atoms with van der Waals surface area (Å²) in [4.78, 5) is 27.9. The fourth-order valence-electron chi connectivity index (χ4n) is 1.66. The van der Waals surface area contributed by atoms with E-state index in [1.54, 1.807) is 0 Å². The van der Waals surface area contributed by atoms with Gasteiger partial charge in [-0.15, -0.1) is 12.4 Å². The van der Waals surface area contributed by atoms with Crippen molar-refractivity contribution in [3.8, 4) is 0 Å². The fraction of sp³-hybridized carbons (Fsp3) is 0.333. The van der Waals surface area contributed by atoms with Crippen LogP contribution in [-0.2, 0) is 9.59 Å². The molecule has 0 aliphatic carbocycles. The van der Waals surface area contributed by atoms with Crippen LogP contribution in [0.5, 0.6) is 0 Å². The first-order valence-electron chi connectivity index (χ1n) is 6.03. The van der Waals surface area contributed by atoms with E-state index in [0.29, 0.717) is 6.54 Å². The van der Waals surface area contributed by atoms with Crippen molar-refractivity contribution in [3.63, 3.8) is 0 Å². The van der Waals surface area contributed by atoms with Gasteiger partial charge in [0.25, 0.3) is 0 Å². The van der Waals surface area contributed by atoms with Crippen LogP contribution in [-0.4, -0.2) is 50.9 Å². The Hall–Kier alpha value is -1.93. The maximum absolute atomic E-state index is 11.6. The average molecular weight is 331 g/mol. The molecule has 0 bridgehead atoms. The highest BCUT2D eigenvalue weighted by Gasteiger charge is 2.11. The molecule has 0 atom stereocenters. The van der Waals surface area contributed by atoms with Gasteiger partial charge in [-0.1, -0.05) is 6.08 Å². The van der Waals surface area contributed by atoms with E-state index in [9.17, 15) is 9.59 Å². The predicted octanol–water partition coefficient (Wildman–Crippen LogP) is 0.763. The number of aromatic nitrogens is 2. The fourth-order valence-corrected chi connectivity index (χ4v) is 2.20. The molecule has 114 valence electrons. The quantitative estimate of drug-likeness (QED) is 0.799. The van der Waals surface area contributed by atoms with Gasteiger partial charge >= 0.3 is 5.97 Å². The van der Waals surface area contributed by atoms with E-state index in [1.807, 2.05) is 23.3 Å². The molecule has 1 amide bonds. The van der Waals surface area contributed by atoms with Gasteiger partial charge in [0.2, 0.25) is 5.91 Å². The Morgan fingerprint density at radius 2 is 2.29 bits per heavy atom. The Kier molecular flexibility index (Phi) is 6.83. The summed E-state index contributed by atoms with van der Waals surface area (Å²) in [7, 11) is 0. The molecule has 1 aliphatic heterocycles. The Morgan fingerprint density at radius 1 is 1.48 bits per heavy atom. The van der Waals surface area contributed by atoms with Gasteiger partial charge in [-0.25, -0.2) is 4.98 Å². The van der Waals surface area contributed by atoms with Crippen LogP contribution in [0.4, 0.5) is 0 Å². The van der Waals surface area contributed by atoms with Gasteiger partial charge in [-0.05, 0) is 17.6 Å². The Balaban J connectivity index is 0.00000220. The first-order chi connectivity index (χ1) is 9.65.